The van der Waals surface area contributed by atoms with Crippen LogP contribution in [0.4, 0.5) is 5.82 Å². The lowest BCUT2D eigenvalue weighted by molar-refractivity contribution is 0.751. The van der Waals surface area contributed by atoms with Gasteiger partial charge in [-0.15, -0.1) is 0 Å². The minimum Gasteiger partial charge on any atom is -0.367 e. The first kappa shape index (κ1) is 14.1. The van der Waals surface area contributed by atoms with Gasteiger partial charge in [0, 0.05) is 19.3 Å². The second-order valence-corrected chi connectivity index (χ2v) is 4.97. The maximum atomic E-state index is 5.96. The van der Waals surface area contributed by atoms with Crippen molar-refractivity contribution in [1.82, 2.24) is 14.5 Å². The Labute approximate surface area is 119 Å². The SMILES string of the molecule is CC.Cn1ccc2c(NC3CCCC3)nc(Cl)nc21. The van der Waals surface area contributed by atoms with E-state index < -0.39 is 0 Å². The highest BCUT2D eigenvalue weighted by molar-refractivity contribution is 6.28. The van der Waals surface area contributed by atoms with Gasteiger partial charge in [0.2, 0.25) is 5.28 Å². The highest BCUT2D eigenvalue weighted by Crippen LogP contribution is 2.27. The van der Waals surface area contributed by atoms with Crippen molar-refractivity contribution in [2.45, 2.75) is 45.6 Å². The van der Waals surface area contributed by atoms with Crippen LogP contribution >= 0.6 is 11.6 Å². The van der Waals surface area contributed by atoms with E-state index in [9.17, 15) is 0 Å². The Morgan fingerprint density at radius 1 is 1.26 bits per heavy atom. The van der Waals surface area contributed by atoms with Crippen molar-refractivity contribution in [1.29, 1.82) is 0 Å². The second kappa shape index (κ2) is 6.24. The zero-order chi connectivity index (χ0) is 13.8. The summed E-state index contributed by atoms with van der Waals surface area (Å²) in [6.45, 7) is 4.00. The minimum atomic E-state index is 0.305. The molecule has 19 heavy (non-hydrogen) atoms. The number of anilines is 1. The number of rotatable bonds is 2. The molecule has 0 atom stereocenters. The van der Waals surface area contributed by atoms with Crippen molar-refractivity contribution in [3.05, 3.63) is 17.5 Å². The van der Waals surface area contributed by atoms with Gasteiger partial charge in [0.25, 0.3) is 0 Å². The standard InChI is InChI=1S/C12H15ClN4.C2H6/c1-17-7-6-9-10(14-8-4-2-3-5-8)15-12(13)16-11(9)17;1-2/h6-8H,2-5H2,1H3,(H,14,15,16);1-2H3. The molecule has 1 fully saturated rings. The van der Waals surface area contributed by atoms with E-state index in [1.54, 1.807) is 0 Å². The van der Waals surface area contributed by atoms with Crippen molar-refractivity contribution in [2.24, 2.45) is 7.05 Å². The third kappa shape index (κ3) is 3.00. The quantitative estimate of drug-likeness (QED) is 0.846. The molecule has 0 saturated heterocycles. The molecule has 1 aliphatic rings. The molecule has 5 heteroatoms. The lowest BCUT2D eigenvalue weighted by Gasteiger charge is -2.13. The fourth-order valence-corrected chi connectivity index (χ4v) is 2.65. The fourth-order valence-electron chi connectivity index (χ4n) is 2.48. The van der Waals surface area contributed by atoms with Gasteiger partial charge in [-0.25, -0.2) is 4.98 Å². The van der Waals surface area contributed by atoms with Crippen LogP contribution in [-0.4, -0.2) is 20.6 Å². The molecule has 0 unspecified atom stereocenters. The first-order valence-corrected chi connectivity index (χ1v) is 7.37. The molecule has 3 rings (SSSR count). The van der Waals surface area contributed by atoms with Crippen LogP contribution in [0.2, 0.25) is 5.28 Å². The summed E-state index contributed by atoms with van der Waals surface area (Å²) in [4.78, 5) is 8.56. The molecule has 2 aromatic heterocycles. The van der Waals surface area contributed by atoms with Gasteiger partial charge in [-0.2, -0.15) is 4.98 Å². The Morgan fingerprint density at radius 3 is 2.63 bits per heavy atom. The van der Waals surface area contributed by atoms with E-state index >= 15 is 0 Å². The van der Waals surface area contributed by atoms with Crippen LogP contribution in [0, 0.1) is 0 Å². The van der Waals surface area contributed by atoms with Gasteiger partial charge >= 0.3 is 0 Å². The Bertz CT molecular complexity index is 544. The average Bonchev–Trinajstić information content (AvgIpc) is 3.03. The van der Waals surface area contributed by atoms with Crippen LogP contribution in [0.3, 0.4) is 0 Å². The zero-order valence-corrected chi connectivity index (χ0v) is 12.5. The summed E-state index contributed by atoms with van der Waals surface area (Å²) in [6.07, 6.45) is 7.02. The van der Waals surface area contributed by atoms with E-state index in [2.05, 4.69) is 15.3 Å². The van der Waals surface area contributed by atoms with E-state index in [-0.39, 0.29) is 0 Å². The molecule has 104 valence electrons. The lowest BCUT2D eigenvalue weighted by atomic mass is 10.2. The van der Waals surface area contributed by atoms with Gasteiger partial charge in [0.1, 0.15) is 11.5 Å². The van der Waals surface area contributed by atoms with Crippen molar-refractivity contribution < 1.29 is 0 Å². The zero-order valence-electron chi connectivity index (χ0n) is 11.8. The Hall–Kier alpha value is -1.29. The number of hydrogen-bond acceptors (Lipinski definition) is 3. The summed E-state index contributed by atoms with van der Waals surface area (Å²) < 4.78 is 1.96. The highest BCUT2D eigenvalue weighted by Gasteiger charge is 2.17. The van der Waals surface area contributed by atoms with Gasteiger partial charge in [-0.05, 0) is 30.5 Å². The van der Waals surface area contributed by atoms with Crippen LogP contribution in [-0.2, 0) is 7.05 Å². The molecule has 0 aromatic carbocycles. The predicted octanol–water partition coefficient (Wildman–Crippen LogP) is 4.00. The van der Waals surface area contributed by atoms with E-state index in [0.717, 1.165) is 16.9 Å². The summed E-state index contributed by atoms with van der Waals surface area (Å²) in [5.74, 6) is 0.868. The summed E-state index contributed by atoms with van der Waals surface area (Å²) in [6, 6.07) is 2.56. The number of aryl methyl sites for hydroxylation is 1. The minimum absolute atomic E-state index is 0.305. The van der Waals surface area contributed by atoms with E-state index in [1.807, 2.05) is 37.7 Å². The molecule has 0 radical (unpaired) electrons. The third-order valence-corrected chi connectivity index (χ3v) is 3.56. The van der Waals surface area contributed by atoms with Crippen molar-refractivity contribution >= 4 is 28.5 Å². The lowest BCUT2D eigenvalue weighted by Crippen LogP contribution is -2.16. The molecule has 0 bridgehead atoms. The first-order valence-electron chi connectivity index (χ1n) is 6.99. The van der Waals surface area contributed by atoms with Gasteiger partial charge < -0.3 is 9.88 Å². The number of hydrogen-bond donors (Lipinski definition) is 1. The third-order valence-electron chi connectivity index (χ3n) is 3.39. The van der Waals surface area contributed by atoms with Gasteiger partial charge in [-0.1, -0.05) is 26.7 Å². The largest absolute Gasteiger partial charge is 0.367 e. The summed E-state index contributed by atoms with van der Waals surface area (Å²) in [5, 5.41) is 4.84. The maximum absolute atomic E-state index is 5.96. The monoisotopic (exact) mass is 280 g/mol. The number of nitrogens with one attached hydrogen (secondary N) is 1. The fraction of sp³-hybridized carbons (Fsp3) is 0.571. The molecule has 2 heterocycles. The smallest absolute Gasteiger partial charge is 0.226 e. The van der Waals surface area contributed by atoms with Crippen LogP contribution in [0.1, 0.15) is 39.5 Å². The molecule has 1 N–H and O–H groups in total. The molecule has 0 amide bonds. The summed E-state index contributed by atoms with van der Waals surface area (Å²) in [5.41, 5.74) is 0.880. The van der Waals surface area contributed by atoms with Crippen LogP contribution in [0.15, 0.2) is 12.3 Å². The molecule has 1 saturated carbocycles. The topological polar surface area (TPSA) is 42.7 Å². The van der Waals surface area contributed by atoms with Crippen molar-refractivity contribution in [3.63, 3.8) is 0 Å². The molecule has 0 aliphatic heterocycles. The summed E-state index contributed by atoms with van der Waals surface area (Å²) >= 11 is 5.96. The Balaban J connectivity index is 0.000000637. The maximum Gasteiger partial charge on any atom is 0.226 e. The Kier molecular flexibility index (Phi) is 4.64. The molecule has 2 aromatic rings. The summed E-state index contributed by atoms with van der Waals surface area (Å²) in [7, 11) is 1.96. The first-order chi connectivity index (χ1) is 9.24. The highest BCUT2D eigenvalue weighted by atomic mass is 35.5. The molecule has 1 aliphatic carbocycles. The van der Waals surface area contributed by atoms with Gasteiger partial charge in [0.05, 0.1) is 5.39 Å². The van der Waals surface area contributed by atoms with E-state index in [4.69, 9.17) is 11.6 Å². The van der Waals surface area contributed by atoms with Crippen molar-refractivity contribution in [3.8, 4) is 0 Å². The number of halogens is 1. The number of fused-ring (bicyclic) bond motifs is 1. The predicted molar refractivity (Wildman–Crippen MR) is 80.7 cm³/mol. The second-order valence-electron chi connectivity index (χ2n) is 4.63. The van der Waals surface area contributed by atoms with Crippen molar-refractivity contribution in [2.75, 3.05) is 5.32 Å². The molecular formula is C14H21ClN4. The molecule has 4 nitrogen and oxygen atoms in total. The Morgan fingerprint density at radius 2 is 1.95 bits per heavy atom. The van der Waals surface area contributed by atoms with Crippen LogP contribution in [0.5, 0.6) is 0 Å². The van der Waals surface area contributed by atoms with Gasteiger partial charge in [0.15, 0.2) is 0 Å². The average molecular weight is 281 g/mol. The number of aromatic nitrogens is 3. The van der Waals surface area contributed by atoms with E-state index in [0.29, 0.717) is 11.3 Å². The van der Waals surface area contributed by atoms with E-state index in [1.165, 1.54) is 25.7 Å². The van der Waals surface area contributed by atoms with Crippen LogP contribution in [0.25, 0.3) is 11.0 Å². The number of nitrogens with zero attached hydrogens (tertiary/aromatic N) is 3. The molecule has 0 spiro atoms. The van der Waals surface area contributed by atoms with Gasteiger partial charge in [-0.3, -0.25) is 0 Å². The normalized spacial score (nSPS) is 15.4. The molecular weight excluding hydrogens is 260 g/mol. The van der Waals surface area contributed by atoms with Crippen LogP contribution < -0.4 is 5.32 Å².